The first-order valence-corrected chi connectivity index (χ1v) is 14.8. The number of unbranched alkanes of at least 4 members (excludes halogenated alkanes) is 9. The number of carbonyl (C=O) groups is 1. The lowest BCUT2D eigenvalue weighted by molar-refractivity contribution is -0.115. The quantitative estimate of drug-likeness (QED) is 0.187. The van der Waals surface area contributed by atoms with Crippen molar-refractivity contribution in [2.45, 2.75) is 91.0 Å². The number of rotatable bonds is 17. The summed E-state index contributed by atoms with van der Waals surface area (Å²) in [6, 6.07) is 16.1. The zero-order chi connectivity index (χ0) is 25.4. The van der Waals surface area contributed by atoms with Crippen LogP contribution in [0, 0.1) is 0 Å². The van der Waals surface area contributed by atoms with Gasteiger partial charge in [0.25, 0.3) is 0 Å². The minimum absolute atomic E-state index is 0. The molecule has 0 radical (unpaired) electrons. The van der Waals surface area contributed by atoms with Crippen LogP contribution in [0.3, 0.4) is 0 Å². The fourth-order valence-corrected chi connectivity index (χ4v) is 5.22. The third-order valence-electron chi connectivity index (χ3n) is 6.47. The number of anilines is 1. The van der Waals surface area contributed by atoms with Gasteiger partial charge in [0, 0.05) is 18.4 Å². The second-order valence-corrected chi connectivity index (χ2v) is 11.1. The molecule has 0 unspecified atom stereocenters. The average Bonchev–Trinajstić information content (AvgIpc) is 3.28. The monoisotopic (exact) mass is 588 g/mol. The summed E-state index contributed by atoms with van der Waals surface area (Å²) in [6.07, 6.45) is 15.8. The fraction of sp³-hybridized carbons (Fsp3) is 0.516. The summed E-state index contributed by atoms with van der Waals surface area (Å²) in [6.45, 7) is 6.02. The minimum atomic E-state index is -0.00125. The zero-order valence-corrected chi connectivity index (χ0v) is 25.2. The highest BCUT2D eigenvalue weighted by Gasteiger charge is 2.11. The minimum Gasteiger partial charge on any atom is -0.494 e. The molecule has 6 heteroatoms. The van der Waals surface area contributed by atoms with Crippen LogP contribution in [0.5, 0.6) is 5.75 Å². The molecule has 2 aromatic carbocycles. The standard InChI is InChI=1S/C31H44N2O2S.BrH/c1-3-4-5-6-7-8-9-10-11-12-20-35-30-18-16-27(17-19-30)22-31(34)32-29-15-13-14-28(21-29)24-33-23-26(2)36-25-33;/h13-19,21,23H,3-12,20,22,24-25H2,1-2H3,(H,32,34);1H. The van der Waals surface area contributed by atoms with E-state index in [9.17, 15) is 4.79 Å². The van der Waals surface area contributed by atoms with E-state index in [2.05, 4.69) is 42.4 Å². The van der Waals surface area contributed by atoms with Crippen molar-refractivity contribution in [3.8, 4) is 5.75 Å². The molecule has 204 valence electrons. The topological polar surface area (TPSA) is 41.6 Å². The highest BCUT2D eigenvalue weighted by atomic mass is 79.9. The van der Waals surface area contributed by atoms with E-state index in [0.29, 0.717) is 6.42 Å². The lowest BCUT2D eigenvalue weighted by Gasteiger charge is -2.15. The van der Waals surface area contributed by atoms with E-state index in [4.69, 9.17) is 4.74 Å². The van der Waals surface area contributed by atoms with E-state index in [1.807, 2.05) is 48.2 Å². The molecule has 4 nitrogen and oxygen atoms in total. The van der Waals surface area contributed by atoms with Gasteiger partial charge in [-0.05, 0) is 53.6 Å². The van der Waals surface area contributed by atoms with Gasteiger partial charge in [-0.2, -0.15) is 0 Å². The molecule has 2 aromatic rings. The zero-order valence-electron chi connectivity index (χ0n) is 22.7. The first-order valence-electron chi connectivity index (χ1n) is 13.8. The van der Waals surface area contributed by atoms with Crippen molar-refractivity contribution in [3.05, 3.63) is 70.8 Å². The van der Waals surface area contributed by atoms with Crippen LogP contribution in [-0.4, -0.2) is 23.3 Å². The first kappa shape index (κ1) is 31.3. The molecule has 37 heavy (non-hydrogen) atoms. The highest BCUT2D eigenvalue weighted by Crippen LogP contribution is 2.26. The maximum atomic E-state index is 12.6. The number of halogens is 1. The summed E-state index contributed by atoms with van der Waals surface area (Å²) in [5.41, 5.74) is 3.04. The van der Waals surface area contributed by atoms with Gasteiger partial charge in [-0.1, -0.05) is 89.0 Å². The summed E-state index contributed by atoms with van der Waals surface area (Å²) in [7, 11) is 0. The Labute approximate surface area is 239 Å². The third kappa shape index (κ3) is 12.9. The van der Waals surface area contributed by atoms with Crippen LogP contribution >= 0.6 is 28.7 Å². The number of allylic oxidation sites excluding steroid dienone is 1. The molecule has 0 saturated carbocycles. The maximum absolute atomic E-state index is 12.6. The fourth-order valence-electron chi connectivity index (χ4n) is 4.46. The molecule has 1 amide bonds. The predicted molar refractivity (Wildman–Crippen MR) is 165 cm³/mol. The molecule has 0 fully saturated rings. The molecule has 3 rings (SSSR count). The van der Waals surface area contributed by atoms with Crippen LogP contribution in [0.25, 0.3) is 0 Å². The SMILES string of the molecule is Br.CCCCCCCCCCCCOc1ccc(CC(=O)Nc2cccc(CN3C=C(C)SC3)c2)cc1. The molecule has 0 aliphatic carbocycles. The van der Waals surface area contributed by atoms with Crippen LogP contribution in [0.4, 0.5) is 5.69 Å². The largest absolute Gasteiger partial charge is 0.494 e. The normalized spacial score (nSPS) is 12.7. The predicted octanol–water partition coefficient (Wildman–Crippen LogP) is 9.11. The Morgan fingerprint density at radius 1 is 0.919 bits per heavy atom. The van der Waals surface area contributed by atoms with Gasteiger partial charge >= 0.3 is 0 Å². The number of hydrogen-bond acceptors (Lipinski definition) is 4. The van der Waals surface area contributed by atoms with Gasteiger partial charge in [-0.15, -0.1) is 28.7 Å². The van der Waals surface area contributed by atoms with Crippen LogP contribution in [0.15, 0.2) is 59.6 Å². The van der Waals surface area contributed by atoms with Gasteiger partial charge < -0.3 is 15.0 Å². The van der Waals surface area contributed by atoms with Crippen molar-refractivity contribution >= 4 is 40.3 Å². The molecular formula is C31H45BrN2O2S. The number of carbonyl (C=O) groups excluding carboxylic acids is 1. The maximum Gasteiger partial charge on any atom is 0.228 e. The smallest absolute Gasteiger partial charge is 0.228 e. The van der Waals surface area contributed by atoms with Gasteiger partial charge in [0.2, 0.25) is 5.91 Å². The molecule has 0 bridgehead atoms. The molecule has 1 aliphatic rings. The lowest BCUT2D eigenvalue weighted by atomic mass is 10.1. The molecule has 1 heterocycles. The number of amides is 1. The van der Waals surface area contributed by atoms with Gasteiger partial charge in [0.05, 0.1) is 18.9 Å². The number of thioether (sulfide) groups is 1. The van der Waals surface area contributed by atoms with Crippen molar-refractivity contribution in [2.75, 3.05) is 17.8 Å². The van der Waals surface area contributed by atoms with Crippen LogP contribution < -0.4 is 10.1 Å². The van der Waals surface area contributed by atoms with E-state index in [1.165, 1.54) is 68.3 Å². The second kappa shape index (κ2) is 18.4. The van der Waals surface area contributed by atoms with Gasteiger partial charge in [-0.25, -0.2) is 0 Å². The van der Waals surface area contributed by atoms with E-state index in [0.717, 1.165) is 42.4 Å². The summed E-state index contributed by atoms with van der Waals surface area (Å²) in [4.78, 5) is 16.2. The summed E-state index contributed by atoms with van der Waals surface area (Å²) in [5.74, 6) is 1.87. The van der Waals surface area contributed by atoms with Crippen molar-refractivity contribution in [3.63, 3.8) is 0 Å². The Balaban J connectivity index is 0.00000481. The van der Waals surface area contributed by atoms with Crippen molar-refractivity contribution in [1.29, 1.82) is 0 Å². The number of nitrogens with one attached hydrogen (secondary N) is 1. The number of hydrogen-bond donors (Lipinski definition) is 1. The van der Waals surface area contributed by atoms with Crippen LogP contribution in [0.1, 0.15) is 89.2 Å². The molecule has 0 spiro atoms. The van der Waals surface area contributed by atoms with Gasteiger partial charge in [-0.3, -0.25) is 4.79 Å². The van der Waals surface area contributed by atoms with Crippen LogP contribution in [-0.2, 0) is 17.8 Å². The second-order valence-electron chi connectivity index (χ2n) is 9.86. The lowest BCUT2D eigenvalue weighted by Crippen LogP contribution is -2.15. The number of nitrogens with zero attached hydrogens (tertiary/aromatic N) is 1. The Kier molecular flexibility index (Phi) is 15.5. The molecule has 1 N–H and O–H groups in total. The highest BCUT2D eigenvalue weighted by molar-refractivity contribution is 8.93. The van der Waals surface area contributed by atoms with Crippen molar-refractivity contribution in [2.24, 2.45) is 0 Å². The van der Waals surface area contributed by atoms with Gasteiger partial charge in [0.15, 0.2) is 0 Å². The number of ether oxygens (including phenoxy) is 1. The van der Waals surface area contributed by atoms with Crippen LogP contribution in [0.2, 0.25) is 0 Å². The Morgan fingerprint density at radius 3 is 2.24 bits per heavy atom. The summed E-state index contributed by atoms with van der Waals surface area (Å²) in [5, 5.41) is 3.05. The Bertz CT molecular complexity index is 948. The van der Waals surface area contributed by atoms with E-state index in [-0.39, 0.29) is 22.9 Å². The summed E-state index contributed by atoms with van der Waals surface area (Å²) < 4.78 is 5.90. The Hall–Kier alpha value is -1.92. The average molecular weight is 590 g/mol. The molecule has 0 saturated heterocycles. The molecule has 0 aromatic heterocycles. The van der Waals surface area contributed by atoms with E-state index >= 15 is 0 Å². The summed E-state index contributed by atoms with van der Waals surface area (Å²) >= 11 is 1.86. The molecular weight excluding hydrogens is 544 g/mol. The van der Waals surface area contributed by atoms with E-state index in [1.54, 1.807) is 0 Å². The molecule has 1 aliphatic heterocycles. The third-order valence-corrected chi connectivity index (χ3v) is 7.49. The Morgan fingerprint density at radius 2 is 1.59 bits per heavy atom. The van der Waals surface area contributed by atoms with E-state index < -0.39 is 0 Å². The van der Waals surface area contributed by atoms with Gasteiger partial charge in [0.1, 0.15) is 5.75 Å². The first-order chi connectivity index (χ1) is 17.6. The van der Waals surface area contributed by atoms with Crippen molar-refractivity contribution < 1.29 is 9.53 Å². The molecule has 0 atom stereocenters. The van der Waals surface area contributed by atoms with Crippen molar-refractivity contribution in [1.82, 2.24) is 4.90 Å². The number of benzene rings is 2.